The number of ketones is 1. The van der Waals surface area contributed by atoms with Gasteiger partial charge in [0, 0.05) is 5.70 Å². The molecule has 1 unspecified atom stereocenters. The predicted molar refractivity (Wildman–Crippen MR) is 139 cm³/mol. The summed E-state index contributed by atoms with van der Waals surface area (Å²) in [7, 11) is 2.97. The Hall–Kier alpha value is -4.11. The lowest BCUT2D eigenvalue weighted by molar-refractivity contribution is -0.114. The molecular weight excluding hydrogens is 480 g/mol. The molecule has 3 N–H and O–H groups in total. The highest BCUT2D eigenvalue weighted by Gasteiger charge is 2.22. The Morgan fingerprint density at radius 1 is 1.11 bits per heavy atom. The molecule has 2 aromatic carbocycles. The molecule has 8 nitrogen and oxygen atoms in total. The molecule has 0 fully saturated rings. The SMILES string of the molecule is COc1cc(/C=C/C(=O)CC2=CC(c3ccc(O)c(OC)c3)SC(=NCc3ccco3)N2)ccc1O. The van der Waals surface area contributed by atoms with Crippen molar-refractivity contribution in [3.8, 4) is 23.0 Å². The van der Waals surface area contributed by atoms with Crippen LogP contribution in [-0.4, -0.2) is 35.4 Å². The molecule has 0 saturated heterocycles. The van der Waals surface area contributed by atoms with E-state index >= 15 is 0 Å². The number of carbonyl (C=O) groups is 1. The van der Waals surface area contributed by atoms with E-state index in [0.29, 0.717) is 28.9 Å². The number of carbonyl (C=O) groups excluding carboxylic acids is 1. The van der Waals surface area contributed by atoms with Crippen LogP contribution in [0.15, 0.2) is 82.1 Å². The van der Waals surface area contributed by atoms with E-state index in [-0.39, 0.29) is 29.0 Å². The van der Waals surface area contributed by atoms with E-state index in [2.05, 4.69) is 10.3 Å². The average molecular weight is 507 g/mol. The highest BCUT2D eigenvalue weighted by atomic mass is 32.2. The van der Waals surface area contributed by atoms with E-state index in [1.54, 1.807) is 36.6 Å². The highest BCUT2D eigenvalue weighted by Crippen LogP contribution is 2.39. The summed E-state index contributed by atoms with van der Waals surface area (Å²) in [5.41, 5.74) is 2.34. The number of allylic oxidation sites excluding steroid dienone is 2. The number of furan rings is 1. The van der Waals surface area contributed by atoms with Crippen molar-refractivity contribution in [3.63, 3.8) is 0 Å². The van der Waals surface area contributed by atoms with Crippen LogP contribution in [0.1, 0.15) is 28.6 Å². The first-order chi connectivity index (χ1) is 17.4. The van der Waals surface area contributed by atoms with E-state index in [9.17, 15) is 15.0 Å². The lowest BCUT2D eigenvalue weighted by atomic mass is 10.1. The number of thioether (sulfide) groups is 1. The summed E-state index contributed by atoms with van der Waals surface area (Å²) in [5.74, 6) is 1.42. The maximum Gasteiger partial charge on any atom is 0.162 e. The van der Waals surface area contributed by atoms with Crippen LogP contribution in [0.5, 0.6) is 23.0 Å². The number of benzene rings is 2. The fourth-order valence-electron chi connectivity index (χ4n) is 3.55. The second-order valence-corrected chi connectivity index (χ2v) is 9.03. The Kier molecular flexibility index (Phi) is 8.02. The Morgan fingerprint density at radius 3 is 2.58 bits per heavy atom. The summed E-state index contributed by atoms with van der Waals surface area (Å²) in [4.78, 5) is 17.4. The molecule has 1 aliphatic rings. The van der Waals surface area contributed by atoms with Crippen molar-refractivity contribution in [3.05, 3.63) is 89.5 Å². The molecule has 0 bridgehead atoms. The number of methoxy groups -OCH3 is 2. The fourth-order valence-corrected chi connectivity index (χ4v) is 4.63. The smallest absolute Gasteiger partial charge is 0.162 e. The molecule has 4 rings (SSSR count). The number of ether oxygens (including phenoxy) is 2. The van der Waals surface area contributed by atoms with Crippen LogP contribution in [0.25, 0.3) is 6.08 Å². The van der Waals surface area contributed by atoms with Crippen LogP contribution in [0, 0.1) is 0 Å². The van der Waals surface area contributed by atoms with Gasteiger partial charge in [0.1, 0.15) is 5.76 Å². The number of aromatic hydroxyl groups is 2. The third-order valence-corrected chi connectivity index (χ3v) is 6.50. The van der Waals surface area contributed by atoms with Gasteiger partial charge in [-0.15, -0.1) is 0 Å². The van der Waals surface area contributed by atoms with Crippen LogP contribution in [0.4, 0.5) is 0 Å². The first-order valence-electron chi connectivity index (χ1n) is 11.1. The van der Waals surface area contributed by atoms with Crippen LogP contribution < -0.4 is 14.8 Å². The van der Waals surface area contributed by atoms with Crippen molar-refractivity contribution in [2.45, 2.75) is 18.2 Å². The first-order valence-corrected chi connectivity index (χ1v) is 12.0. The van der Waals surface area contributed by atoms with Gasteiger partial charge < -0.3 is 29.4 Å². The van der Waals surface area contributed by atoms with Crippen molar-refractivity contribution in [2.24, 2.45) is 4.99 Å². The average Bonchev–Trinajstić information content (AvgIpc) is 3.41. The number of phenolic OH excluding ortho intramolecular Hbond substituents is 2. The Bertz CT molecular complexity index is 1310. The van der Waals surface area contributed by atoms with Crippen LogP contribution in [0.2, 0.25) is 0 Å². The summed E-state index contributed by atoms with van der Waals surface area (Å²) < 4.78 is 15.8. The van der Waals surface area contributed by atoms with Crippen molar-refractivity contribution in [1.29, 1.82) is 0 Å². The van der Waals surface area contributed by atoms with Gasteiger partial charge in [0.2, 0.25) is 0 Å². The van der Waals surface area contributed by atoms with Crippen LogP contribution in [-0.2, 0) is 11.3 Å². The number of nitrogens with one attached hydrogen (secondary N) is 1. The molecule has 0 saturated carbocycles. The lowest BCUT2D eigenvalue weighted by Gasteiger charge is -2.24. The maximum absolute atomic E-state index is 12.8. The zero-order valence-electron chi connectivity index (χ0n) is 19.8. The summed E-state index contributed by atoms with van der Waals surface area (Å²) >= 11 is 1.49. The maximum atomic E-state index is 12.8. The van der Waals surface area contributed by atoms with E-state index in [0.717, 1.165) is 16.9 Å². The quantitative estimate of drug-likeness (QED) is 0.340. The molecule has 3 aromatic rings. The number of rotatable bonds is 9. The molecule has 1 aromatic heterocycles. The van der Waals surface area contributed by atoms with Gasteiger partial charge >= 0.3 is 0 Å². The topological polar surface area (TPSA) is 114 Å². The predicted octanol–water partition coefficient (Wildman–Crippen LogP) is 5.20. The molecule has 36 heavy (non-hydrogen) atoms. The zero-order valence-corrected chi connectivity index (χ0v) is 20.6. The molecule has 0 aliphatic carbocycles. The molecule has 186 valence electrons. The van der Waals surface area contributed by atoms with E-state index in [1.165, 1.54) is 38.1 Å². The minimum atomic E-state index is -0.149. The number of amidine groups is 1. The third kappa shape index (κ3) is 6.31. The molecule has 0 amide bonds. The Morgan fingerprint density at radius 2 is 1.86 bits per heavy atom. The molecule has 1 atom stereocenters. The van der Waals surface area contributed by atoms with Gasteiger partial charge in [-0.05, 0) is 59.7 Å². The molecule has 9 heteroatoms. The molecular formula is C27H26N2O6S. The minimum Gasteiger partial charge on any atom is -0.504 e. The molecule has 1 aliphatic heterocycles. The van der Waals surface area contributed by atoms with Gasteiger partial charge in [0.15, 0.2) is 33.9 Å². The van der Waals surface area contributed by atoms with E-state index < -0.39 is 0 Å². The highest BCUT2D eigenvalue weighted by molar-refractivity contribution is 8.14. The lowest BCUT2D eigenvalue weighted by Crippen LogP contribution is -2.26. The van der Waals surface area contributed by atoms with E-state index in [1.807, 2.05) is 24.3 Å². The van der Waals surface area contributed by atoms with Crippen molar-refractivity contribution >= 4 is 28.8 Å². The Labute approximate surface area is 213 Å². The second-order valence-electron chi connectivity index (χ2n) is 7.90. The minimum absolute atomic E-state index is 0.0355. The molecule has 2 heterocycles. The summed E-state index contributed by atoms with van der Waals surface area (Å²) in [6, 6.07) is 13.7. The van der Waals surface area contributed by atoms with Crippen molar-refractivity contribution < 1.29 is 28.9 Å². The third-order valence-electron chi connectivity index (χ3n) is 5.38. The van der Waals surface area contributed by atoms with Gasteiger partial charge in [-0.3, -0.25) is 9.79 Å². The van der Waals surface area contributed by atoms with Crippen molar-refractivity contribution in [1.82, 2.24) is 5.32 Å². The number of aliphatic imine (C=N–C) groups is 1. The largest absolute Gasteiger partial charge is 0.504 e. The van der Waals surface area contributed by atoms with Gasteiger partial charge in [-0.1, -0.05) is 30.0 Å². The fraction of sp³-hybridized carbons (Fsp3) is 0.185. The van der Waals surface area contributed by atoms with Gasteiger partial charge in [0.25, 0.3) is 0 Å². The summed E-state index contributed by atoms with van der Waals surface area (Å²) in [5, 5.41) is 23.5. The first kappa shape index (κ1) is 25.0. The standard InChI is InChI=1S/C27H26N2O6S/c1-33-24-12-17(6-9-22(24)31)5-8-20(30)14-19-15-26(18-7-10-23(32)25(13-18)34-2)36-27(29-19)28-16-21-4-3-11-35-21/h3-13,15,26,31-32H,14,16H2,1-2H3,(H,28,29)/b8-5+. The molecule has 0 radical (unpaired) electrons. The normalized spacial score (nSPS) is 16.6. The van der Waals surface area contributed by atoms with Crippen LogP contribution >= 0.6 is 11.8 Å². The van der Waals surface area contributed by atoms with Gasteiger partial charge in [-0.25, -0.2) is 0 Å². The van der Waals surface area contributed by atoms with Gasteiger partial charge in [0.05, 0.1) is 38.7 Å². The number of phenols is 2. The Balaban J connectivity index is 1.54. The monoisotopic (exact) mass is 506 g/mol. The summed E-state index contributed by atoms with van der Waals surface area (Å²) in [6.07, 6.45) is 6.88. The number of hydrogen-bond donors (Lipinski definition) is 3. The zero-order chi connectivity index (χ0) is 25.5. The number of hydrogen-bond acceptors (Lipinski definition) is 8. The number of nitrogens with zero attached hydrogens (tertiary/aromatic N) is 1. The second kappa shape index (κ2) is 11.5. The van der Waals surface area contributed by atoms with Crippen LogP contribution in [0.3, 0.4) is 0 Å². The van der Waals surface area contributed by atoms with E-state index in [4.69, 9.17) is 13.9 Å². The summed E-state index contributed by atoms with van der Waals surface area (Å²) in [6.45, 7) is 0.359. The molecule has 0 spiro atoms. The van der Waals surface area contributed by atoms with Gasteiger partial charge in [-0.2, -0.15) is 0 Å². The van der Waals surface area contributed by atoms with Crippen molar-refractivity contribution in [2.75, 3.05) is 14.2 Å².